The highest BCUT2D eigenvalue weighted by atomic mass is 79.9. The zero-order chi connectivity index (χ0) is 11.0. The van der Waals surface area contributed by atoms with Crippen LogP contribution < -0.4 is 0 Å². The molecule has 2 rings (SSSR count). The largest absolute Gasteiger partial charge is 0.275 e. The van der Waals surface area contributed by atoms with Crippen LogP contribution in [-0.2, 0) is 7.05 Å². The van der Waals surface area contributed by atoms with E-state index in [1.54, 1.807) is 4.68 Å². The Balaban J connectivity index is 2.55. The monoisotopic (exact) mass is 286 g/mol. The Kier molecular flexibility index (Phi) is 2.75. The summed E-state index contributed by atoms with van der Waals surface area (Å²) in [6.45, 7) is 1.87. The minimum atomic E-state index is 0.406. The van der Waals surface area contributed by atoms with E-state index < -0.39 is 0 Å². The van der Waals surface area contributed by atoms with Crippen LogP contribution in [0.5, 0.6) is 0 Å². The summed E-state index contributed by atoms with van der Waals surface area (Å²) < 4.78 is 2.42. The zero-order valence-corrected chi connectivity index (χ0v) is 10.5. The van der Waals surface area contributed by atoms with Gasteiger partial charge < -0.3 is 0 Å². The molecular formula is C9H8BrClN4. The molecule has 0 saturated carbocycles. The van der Waals surface area contributed by atoms with Crippen molar-refractivity contribution < 1.29 is 0 Å². The zero-order valence-electron chi connectivity index (χ0n) is 8.20. The predicted octanol–water partition coefficient (Wildman–Crippen LogP) is 2.60. The second-order valence-electron chi connectivity index (χ2n) is 3.11. The highest BCUT2D eigenvalue weighted by Crippen LogP contribution is 2.25. The van der Waals surface area contributed by atoms with Crippen molar-refractivity contribution in [2.45, 2.75) is 6.92 Å². The molecule has 2 heterocycles. The molecule has 15 heavy (non-hydrogen) atoms. The quantitative estimate of drug-likeness (QED) is 0.757. The number of halogens is 2. The number of hydrogen-bond donors (Lipinski definition) is 0. The number of aromatic nitrogens is 4. The molecule has 0 bridgehead atoms. The van der Waals surface area contributed by atoms with Crippen molar-refractivity contribution in [2.24, 2.45) is 7.05 Å². The van der Waals surface area contributed by atoms with Crippen molar-refractivity contribution in [2.75, 3.05) is 0 Å². The summed E-state index contributed by atoms with van der Waals surface area (Å²) in [7, 11) is 1.84. The lowest BCUT2D eigenvalue weighted by molar-refractivity contribution is 0.768. The Hall–Kier alpha value is -0.940. The summed E-state index contributed by atoms with van der Waals surface area (Å²) in [4.78, 5) is 8.45. The van der Waals surface area contributed by atoms with Crippen LogP contribution in [0.4, 0.5) is 0 Å². The van der Waals surface area contributed by atoms with Gasteiger partial charge in [0.25, 0.3) is 0 Å². The van der Waals surface area contributed by atoms with Crippen LogP contribution in [0.2, 0.25) is 5.15 Å². The van der Waals surface area contributed by atoms with Crippen molar-refractivity contribution in [3.05, 3.63) is 27.6 Å². The molecule has 0 aromatic carbocycles. The fraction of sp³-hybridized carbons (Fsp3) is 0.222. The standard InChI is InChI=1S/C9H8BrClN4/c1-5-7(10)8(11)13-9(12-5)6-3-4-15(2)14-6/h3-4H,1-2H3. The molecule has 2 aromatic heterocycles. The van der Waals surface area contributed by atoms with Gasteiger partial charge in [-0.15, -0.1) is 0 Å². The second-order valence-corrected chi connectivity index (χ2v) is 4.26. The fourth-order valence-electron chi connectivity index (χ4n) is 1.17. The lowest BCUT2D eigenvalue weighted by atomic mass is 10.4. The van der Waals surface area contributed by atoms with E-state index in [0.29, 0.717) is 11.0 Å². The first-order valence-electron chi connectivity index (χ1n) is 4.27. The maximum atomic E-state index is 5.94. The Bertz CT molecular complexity index is 486. The average molecular weight is 288 g/mol. The minimum absolute atomic E-state index is 0.406. The van der Waals surface area contributed by atoms with Crippen molar-refractivity contribution >= 4 is 27.5 Å². The first-order valence-corrected chi connectivity index (χ1v) is 5.44. The number of rotatable bonds is 1. The van der Waals surface area contributed by atoms with Gasteiger partial charge in [-0.2, -0.15) is 5.10 Å². The van der Waals surface area contributed by atoms with E-state index in [2.05, 4.69) is 31.0 Å². The minimum Gasteiger partial charge on any atom is -0.275 e. The van der Waals surface area contributed by atoms with Crippen molar-refractivity contribution in [1.82, 2.24) is 19.7 Å². The summed E-state index contributed by atoms with van der Waals surface area (Å²) in [5, 5.41) is 4.62. The first-order chi connectivity index (χ1) is 7.08. The van der Waals surface area contributed by atoms with Crippen LogP contribution in [0.3, 0.4) is 0 Å². The van der Waals surface area contributed by atoms with E-state index in [-0.39, 0.29) is 0 Å². The molecule has 2 aromatic rings. The molecule has 0 amide bonds. The molecule has 0 aliphatic carbocycles. The SMILES string of the molecule is Cc1nc(-c2ccn(C)n2)nc(Cl)c1Br. The lowest BCUT2D eigenvalue weighted by Crippen LogP contribution is -1.96. The Morgan fingerprint density at radius 3 is 2.67 bits per heavy atom. The number of nitrogens with zero attached hydrogens (tertiary/aromatic N) is 4. The van der Waals surface area contributed by atoms with Gasteiger partial charge in [0.05, 0.1) is 10.2 Å². The molecule has 6 heteroatoms. The molecule has 4 nitrogen and oxygen atoms in total. The van der Waals surface area contributed by atoms with E-state index in [0.717, 1.165) is 15.9 Å². The lowest BCUT2D eigenvalue weighted by Gasteiger charge is -2.02. The molecule has 0 aliphatic heterocycles. The molecule has 0 N–H and O–H groups in total. The van der Waals surface area contributed by atoms with Gasteiger partial charge >= 0.3 is 0 Å². The van der Waals surface area contributed by atoms with Gasteiger partial charge in [-0.25, -0.2) is 9.97 Å². The van der Waals surface area contributed by atoms with E-state index in [1.165, 1.54) is 0 Å². The molecule has 0 spiro atoms. The van der Waals surface area contributed by atoms with Crippen molar-refractivity contribution in [3.63, 3.8) is 0 Å². The molecule has 0 fully saturated rings. The van der Waals surface area contributed by atoms with E-state index in [4.69, 9.17) is 11.6 Å². The molecule has 78 valence electrons. The summed E-state index contributed by atoms with van der Waals surface area (Å²) in [5.41, 5.74) is 1.52. The molecule has 0 atom stereocenters. The van der Waals surface area contributed by atoms with Gasteiger partial charge in [0, 0.05) is 13.2 Å². The van der Waals surface area contributed by atoms with Gasteiger partial charge in [0.15, 0.2) is 5.82 Å². The van der Waals surface area contributed by atoms with Gasteiger partial charge in [0.2, 0.25) is 0 Å². The van der Waals surface area contributed by atoms with E-state index >= 15 is 0 Å². The van der Waals surface area contributed by atoms with Gasteiger partial charge in [0.1, 0.15) is 10.8 Å². The Morgan fingerprint density at radius 2 is 2.13 bits per heavy atom. The molecule has 0 saturated heterocycles. The number of aryl methyl sites for hydroxylation is 2. The van der Waals surface area contributed by atoms with Crippen LogP contribution in [-0.4, -0.2) is 19.7 Å². The van der Waals surface area contributed by atoms with E-state index in [1.807, 2.05) is 26.2 Å². The third-order valence-electron chi connectivity index (χ3n) is 1.92. The maximum Gasteiger partial charge on any atom is 0.181 e. The average Bonchev–Trinajstić information content (AvgIpc) is 2.60. The van der Waals surface area contributed by atoms with Crippen LogP contribution in [0.15, 0.2) is 16.7 Å². The van der Waals surface area contributed by atoms with Crippen LogP contribution in [0.25, 0.3) is 11.5 Å². The van der Waals surface area contributed by atoms with Gasteiger partial charge in [-0.1, -0.05) is 11.6 Å². The van der Waals surface area contributed by atoms with Crippen LogP contribution in [0, 0.1) is 6.92 Å². The third kappa shape index (κ3) is 2.03. The van der Waals surface area contributed by atoms with E-state index in [9.17, 15) is 0 Å². The maximum absolute atomic E-state index is 5.94. The van der Waals surface area contributed by atoms with Gasteiger partial charge in [-0.05, 0) is 28.9 Å². The summed E-state index contributed by atoms with van der Waals surface area (Å²) in [6, 6.07) is 1.85. The van der Waals surface area contributed by atoms with Gasteiger partial charge in [-0.3, -0.25) is 4.68 Å². The first kappa shape index (κ1) is 10.6. The summed E-state index contributed by atoms with van der Waals surface area (Å²) in [5.74, 6) is 0.543. The highest BCUT2D eigenvalue weighted by Gasteiger charge is 2.10. The number of hydrogen-bond acceptors (Lipinski definition) is 3. The topological polar surface area (TPSA) is 43.6 Å². The van der Waals surface area contributed by atoms with Crippen LogP contribution >= 0.6 is 27.5 Å². The summed E-state index contributed by atoms with van der Waals surface area (Å²) in [6.07, 6.45) is 1.84. The molecular weight excluding hydrogens is 279 g/mol. The van der Waals surface area contributed by atoms with Crippen LogP contribution in [0.1, 0.15) is 5.69 Å². The Morgan fingerprint density at radius 1 is 1.40 bits per heavy atom. The molecule has 0 radical (unpaired) electrons. The highest BCUT2D eigenvalue weighted by molar-refractivity contribution is 9.10. The predicted molar refractivity (Wildman–Crippen MR) is 61.7 cm³/mol. The molecule has 0 aliphatic rings. The smallest absolute Gasteiger partial charge is 0.181 e. The molecule has 0 unspecified atom stereocenters. The van der Waals surface area contributed by atoms with Crippen molar-refractivity contribution in [1.29, 1.82) is 0 Å². The Labute approximate surface area is 100 Å². The third-order valence-corrected chi connectivity index (χ3v) is 3.37. The normalized spacial score (nSPS) is 10.7. The fourth-order valence-corrected chi connectivity index (χ4v) is 1.57. The summed E-state index contributed by atoms with van der Waals surface area (Å²) >= 11 is 9.25. The van der Waals surface area contributed by atoms with Crippen molar-refractivity contribution in [3.8, 4) is 11.5 Å². The second kappa shape index (κ2) is 3.90.